The molecule has 0 atom stereocenters. The van der Waals surface area contributed by atoms with Crippen LogP contribution in [-0.4, -0.2) is 32.5 Å². The quantitative estimate of drug-likeness (QED) is 0.287. The van der Waals surface area contributed by atoms with E-state index >= 15 is 0 Å². The van der Waals surface area contributed by atoms with Crippen molar-refractivity contribution in [3.8, 4) is 11.4 Å². The summed E-state index contributed by atoms with van der Waals surface area (Å²) in [6.07, 6.45) is 0. The molecule has 0 saturated carbocycles. The summed E-state index contributed by atoms with van der Waals surface area (Å²) in [5, 5.41) is 16.3. The Morgan fingerprint density at radius 3 is 2.39 bits per heavy atom. The van der Waals surface area contributed by atoms with Gasteiger partial charge in [0.1, 0.15) is 12.4 Å². The largest absolute Gasteiger partial charge is 1.00 e. The van der Waals surface area contributed by atoms with Crippen LogP contribution in [0.3, 0.4) is 0 Å². The van der Waals surface area contributed by atoms with Gasteiger partial charge < -0.3 is 22.5 Å². The number of hydrogen-bond donors (Lipinski definition) is 1. The van der Waals surface area contributed by atoms with E-state index in [1.54, 1.807) is 16.4 Å². The number of nitrogens with zero attached hydrogens (tertiary/aromatic N) is 4. The highest BCUT2D eigenvalue weighted by Gasteiger charge is 2.08. The Morgan fingerprint density at radius 1 is 0.871 bits per heavy atom. The van der Waals surface area contributed by atoms with Crippen LogP contribution < -0.4 is 22.5 Å². The van der Waals surface area contributed by atoms with Gasteiger partial charge in [0, 0.05) is 24.4 Å². The lowest BCUT2D eigenvalue weighted by molar-refractivity contribution is -0.00000645. The molecular formula is C23H23ClN5OS-. The van der Waals surface area contributed by atoms with E-state index in [0.29, 0.717) is 6.61 Å². The van der Waals surface area contributed by atoms with Crippen molar-refractivity contribution < 1.29 is 17.1 Å². The van der Waals surface area contributed by atoms with Crippen LogP contribution in [0.2, 0.25) is 0 Å². The summed E-state index contributed by atoms with van der Waals surface area (Å²) in [5.41, 5.74) is 3.27. The SMILES string of the molecule is [Cl-].c1ccc(COc2ccccc2CNCCSc2nnnn2-c2ccccc2)cc1. The zero-order valence-corrected chi connectivity index (χ0v) is 18.5. The summed E-state index contributed by atoms with van der Waals surface area (Å²) in [6, 6.07) is 28.3. The maximum atomic E-state index is 6.03. The van der Waals surface area contributed by atoms with E-state index in [4.69, 9.17) is 4.74 Å². The second-order valence-corrected chi connectivity index (χ2v) is 7.68. The lowest BCUT2D eigenvalue weighted by Crippen LogP contribution is -3.00. The van der Waals surface area contributed by atoms with Gasteiger partial charge >= 0.3 is 0 Å². The molecule has 8 heteroatoms. The molecule has 1 N–H and O–H groups in total. The van der Waals surface area contributed by atoms with Crippen LogP contribution in [-0.2, 0) is 13.2 Å². The molecule has 0 unspecified atom stereocenters. The van der Waals surface area contributed by atoms with Gasteiger partial charge in [-0.25, -0.2) is 0 Å². The first kappa shape index (κ1) is 22.8. The predicted octanol–water partition coefficient (Wildman–Crippen LogP) is 1.13. The van der Waals surface area contributed by atoms with Crippen LogP contribution >= 0.6 is 11.8 Å². The van der Waals surface area contributed by atoms with Crippen LogP contribution in [0.25, 0.3) is 5.69 Å². The molecular weight excluding hydrogens is 430 g/mol. The van der Waals surface area contributed by atoms with E-state index in [1.165, 1.54) is 0 Å². The molecule has 160 valence electrons. The van der Waals surface area contributed by atoms with Crippen LogP contribution in [0.5, 0.6) is 5.75 Å². The van der Waals surface area contributed by atoms with Crippen molar-refractivity contribution in [2.24, 2.45) is 0 Å². The second-order valence-electron chi connectivity index (χ2n) is 6.62. The molecule has 6 nitrogen and oxygen atoms in total. The molecule has 0 saturated heterocycles. The monoisotopic (exact) mass is 452 g/mol. The van der Waals surface area contributed by atoms with Gasteiger partial charge in [-0.3, -0.25) is 0 Å². The number of hydrogen-bond acceptors (Lipinski definition) is 6. The smallest absolute Gasteiger partial charge is 0.214 e. The number of halogens is 1. The van der Waals surface area contributed by atoms with Crippen LogP contribution in [0, 0.1) is 0 Å². The molecule has 0 bridgehead atoms. The standard InChI is InChI=1S/C23H23N5OS.ClH/c1-3-9-19(10-4-1)18-29-22-14-8-7-11-20(22)17-24-15-16-30-23-25-26-27-28(23)21-12-5-2-6-13-21;/h1-14,24H,15-18H2;1H/p-1. The highest BCUT2D eigenvalue weighted by atomic mass is 35.5. The van der Waals surface area contributed by atoms with Crippen molar-refractivity contribution in [2.45, 2.75) is 18.3 Å². The third kappa shape index (κ3) is 6.55. The van der Waals surface area contributed by atoms with E-state index in [2.05, 4.69) is 39.0 Å². The lowest BCUT2D eigenvalue weighted by Gasteiger charge is -2.12. The minimum absolute atomic E-state index is 0. The highest BCUT2D eigenvalue weighted by Crippen LogP contribution is 2.20. The van der Waals surface area contributed by atoms with Crippen molar-refractivity contribution >= 4 is 11.8 Å². The van der Waals surface area contributed by atoms with Crippen LogP contribution in [0.1, 0.15) is 11.1 Å². The number of aromatic nitrogens is 4. The fourth-order valence-corrected chi connectivity index (χ4v) is 3.75. The number of rotatable bonds is 10. The number of ether oxygens (including phenoxy) is 1. The van der Waals surface area contributed by atoms with E-state index in [0.717, 1.165) is 46.6 Å². The van der Waals surface area contributed by atoms with Gasteiger partial charge in [0.25, 0.3) is 0 Å². The average molecular weight is 453 g/mol. The molecule has 0 aliphatic heterocycles. The van der Waals surface area contributed by atoms with Crippen molar-refractivity contribution in [3.05, 3.63) is 96.1 Å². The molecule has 0 spiro atoms. The Kier molecular flexibility index (Phi) is 8.90. The second kappa shape index (κ2) is 12.1. The van der Waals surface area contributed by atoms with Gasteiger partial charge in [-0.2, -0.15) is 4.68 Å². The summed E-state index contributed by atoms with van der Waals surface area (Å²) in [7, 11) is 0. The third-order valence-corrected chi connectivity index (χ3v) is 5.40. The fourth-order valence-electron chi connectivity index (χ4n) is 2.96. The summed E-state index contributed by atoms with van der Waals surface area (Å²) < 4.78 is 7.79. The molecule has 1 aromatic heterocycles. The summed E-state index contributed by atoms with van der Waals surface area (Å²) in [6.45, 7) is 2.14. The van der Waals surface area contributed by atoms with Crippen molar-refractivity contribution in [1.29, 1.82) is 0 Å². The summed E-state index contributed by atoms with van der Waals surface area (Å²) in [4.78, 5) is 0. The maximum Gasteiger partial charge on any atom is 0.214 e. The Balaban J connectivity index is 0.00000272. The van der Waals surface area contributed by atoms with Gasteiger partial charge in [0.05, 0.1) is 5.69 Å². The summed E-state index contributed by atoms with van der Waals surface area (Å²) >= 11 is 1.63. The van der Waals surface area contributed by atoms with Crippen LogP contribution in [0.15, 0.2) is 90.1 Å². The molecule has 0 radical (unpaired) electrons. The molecule has 4 rings (SSSR count). The van der Waals surface area contributed by atoms with Crippen molar-refractivity contribution in [2.75, 3.05) is 12.3 Å². The molecule has 0 aliphatic carbocycles. The Bertz CT molecular complexity index is 1050. The molecule has 0 aliphatic rings. The zero-order valence-electron chi connectivity index (χ0n) is 16.9. The van der Waals surface area contributed by atoms with E-state index < -0.39 is 0 Å². The first-order valence-corrected chi connectivity index (χ1v) is 10.8. The van der Waals surface area contributed by atoms with Gasteiger partial charge in [-0.05, 0) is 34.2 Å². The first-order valence-electron chi connectivity index (χ1n) is 9.82. The number of nitrogens with one attached hydrogen (secondary N) is 1. The van der Waals surface area contributed by atoms with Gasteiger partial charge in [-0.15, -0.1) is 5.10 Å². The molecule has 1 heterocycles. The van der Waals surface area contributed by atoms with Crippen LogP contribution in [0.4, 0.5) is 0 Å². The van der Waals surface area contributed by atoms with E-state index in [1.807, 2.05) is 66.7 Å². The van der Waals surface area contributed by atoms with Gasteiger partial charge in [0.15, 0.2) is 0 Å². The van der Waals surface area contributed by atoms with Gasteiger partial charge in [0.2, 0.25) is 5.16 Å². The molecule has 4 aromatic rings. The number of tetrazole rings is 1. The van der Waals surface area contributed by atoms with Crippen molar-refractivity contribution in [1.82, 2.24) is 25.5 Å². The topological polar surface area (TPSA) is 64.9 Å². The number of thioether (sulfide) groups is 1. The minimum Gasteiger partial charge on any atom is -1.00 e. The fraction of sp³-hybridized carbons (Fsp3) is 0.174. The molecule has 31 heavy (non-hydrogen) atoms. The zero-order chi connectivity index (χ0) is 20.4. The number of benzene rings is 3. The van der Waals surface area contributed by atoms with E-state index in [9.17, 15) is 0 Å². The minimum atomic E-state index is 0. The summed E-state index contributed by atoms with van der Waals surface area (Å²) in [5.74, 6) is 1.77. The van der Waals surface area contributed by atoms with E-state index in [-0.39, 0.29) is 12.4 Å². The predicted molar refractivity (Wildman–Crippen MR) is 119 cm³/mol. The normalized spacial score (nSPS) is 10.5. The lowest BCUT2D eigenvalue weighted by atomic mass is 10.2. The number of para-hydroxylation sites is 2. The first-order chi connectivity index (χ1) is 14.9. The third-order valence-electron chi connectivity index (χ3n) is 4.48. The van der Waals surface area contributed by atoms with Gasteiger partial charge in [-0.1, -0.05) is 78.5 Å². The molecule has 0 fully saturated rings. The Morgan fingerprint density at radius 2 is 1.58 bits per heavy atom. The molecule has 3 aromatic carbocycles. The maximum absolute atomic E-state index is 6.03. The highest BCUT2D eigenvalue weighted by molar-refractivity contribution is 7.99. The average Bonchev–Trinajstić information content (AvgIpc) is 3.28. The Hall–Kier alpha value is -2.87. The molecule has 0 amide bonds. The Labute approximate surface area is 192 Å². The van der Waals surface area contributed by atoms with Crippen molar-refractivity contribution in [3.63, 3.8) is 0 Å².